The molecular formula is C27H27NO6. The van der Waals surface area contributed by atoms with Gasteiger partial charge in [0, 0.05) is 5.92 Å². The minimum absolute atomic E-state index is 0.00799. The number of rotatable bonds is 12. The summed E-state index contributed by atoms with van der Waals surface area (Å²) >= 11 is 0. The molecule has 7 heteroatoms. The van der Waals surface area contributed by atoms with E-state index in [0.29, 0.717) is 5.75 Å². The molecule has 3 aromatic carbocycles. The van der Waals surface area contributed by atoms with E-state index in [1.54, 1.807) is 24.3 Å². The molecule has 0 fully saturated rings. The highest BCUT2D eigenvalue weighted by molar-refractivity contribution is 5.83. The molecule has 3 N–H and O–H groups in total. The van der Waals surface area contributed by atoms with E-state index < -0.39 is 36.2 Å². The van der Waals surface area contributed by atoms with Gasteiger partial charge in [-0.05, 0) is 41.7 Å². The summed E-state index contributed by atoms with van der Waals surface area (Å²) in [5.74, 6) is -3.88. The minimum atomic E-state index is -1.17. The molecule has 0 radical (unpaired) electrons. The Morgan fingerprint density at radius 3 is 1.94 bits per heavy atom. The van der Waals surface area contributed by atoms with Crippen molar-refractivity contribution in [1.82, 2.24) is 5.32 Å². The third kappa shape index (κ3) is 7.48. The monoisotopic (exact) mass is 461 g/mol. The molecular weight excluding hydrogens is 434 g/mol. The van der Waals surface area contributed by atoms with Gasteiger partial charge in [-0.25, -0.2) is 0 Å². The molecule has 0 saturated heterocycles. The van der Waals surface area contributed by atoms with Crippen LogP contribution in [0, 0.1) is 11.8 Å². The van der Waals surface area contributed by atoms with Crippen LogP contribution in [0.5, 0.6) is 5.75 Å². The van der Waals surface area contributed by atoms with Gasteiger partial charge in [0.25, 0.3) is 0 Å². The van der Waals surface area contributed by atoms with Gasteiger partial charge >= 0.3 is 11.9 Å². The predicted molar refractivity (Wildman–Crippen MR) is 127 cm³/mol. The summed E-state index contributed by atoms with van der Waals surface area (Å²) in [5.41, 5.74) is 2.94. The second-order valence-corrected chi connectivity index (χ2v) is 7.97. The maximum absolute atomic E-state index is 12.8. The summed E-state index contributed by atoms with van der Waals surface area (Å²) < 4.78 is 5.62. The Labute approximate surface area is 198 Å². The third-order valence-electron chi connectivity index (χ3n) is 5.44. The second-order valence-electron chi connectivity index (χ2n) is 7.97. The summed E-state index contributed by atoms with van der Waals surface area (Å²) in [7, 11) is 0. The van der Waals surface area contributed by atoms with Crippen LogP contribution in [0.3, 0.4) is 0 Å². The van der Waals surface area contributed by atoms with Crippen molar-refractivity contribution in [3.8, 4) is 16.9 Å². The van der Waals surface area contributed by atoms with Gasteiger partial charge in [-0.2, -0.15) is 0 Å². The lowest BCUT2D eigenvalue weighted by molar-refractivity contribution is -0.144. The average Bonchev–Trinajstić information content (AvgIpc) is 2.85. The number of ether oxygens (including phenoxy) is 1. The Hall–Kier alpha value is -4.13. The zero-order valence-corrected chi connectivity index (χ0v) is 18.6. The van der Waals surface area contributed by atoms with Crippen molar-refractivity contribution in [3.05, 3.63) is 90.5 Å². The Morgan fingerprint density at radius 1 is 0.765 bits per heavy atom. The zero-order chi connectivity index (χ0) is 24.3. The molecule has 0 aliphatic carbocycles. The van der Waals surface area contributed by atoms with Crippen LogP contribution in [-0.4, -0.2) is 41.2 Å². The van der Waals surface area contributed by atoms with Crippen LogP contribution < -0.4 is 10.1 Å². The van der Waals surface area contributed by atoms with Crippen molar-refractivity contribution in [2.24, 2.45) is 11.8 Å². The molecule has 0 aliphatic heterocycles. The van der Waals surface area contributed by atoms with Gasteiger partial charge in [0.1, 0.15) is 18.9 Å². The number of amides is 1. The number of para-hydroxylation sites is 1. The lowest BCUT2D eigenvalue weighted by Gasteiger charge is -2.21. The highest BCUT2D eigenvalue weighted by Gasteiger charge is 2.28. The van der Waals surface area contributed by atoms with Crippen molar-refractivity contribution >= 4 is 17.8 Å². The van der Waals surface area contributed by atoms with E-state index in [1.165, 1.54) is 0 Å². The number of nitrogens with one attached hydrogen (secondary N) is 1. The molecule has 1 amide bonds. The fourth-order valence-electron chi connectivity index (χ4n) is 3.64. The number of aliphatic carboxylic acids is 2. The van der Waals surface area contributed by atoms with Crippen molar-refractivity contribution in [2.45, 2.75) is 12.8 Å². The quantitative estimate of drug-likeness (QED) is 0.377. The molecule has 0 heterocycles. The highest BCUT2D eigenvalue weighted by Crippen LogP contribution is 2.23. The molecule has 0 saturated carbocycles. The van der Waals surface area contributed by atoms with E-state index in [-0.39, 0.29) is 19.4 Å². The summed E-state index contributed by atoms with van der Waals surface area (Å²) in [5, 5.41) is 21.0. The average molecular weight is 462 g/mol. The second kappa shape index (κ2) is 12.2. The van der Waals surface area contributed by atoms with Gasteiger partial charge in [-0.3, -0.25) is 14.4 Å². The lowest BCUT2D eigenvalue weighted by Crippen LogP contribution is -2.38. The number of carbonyl (C=O) groups is 3. The Balaban J connectivity index is 1.73. The van der Waals surface area contributed by atoms with E-state index in [9.17, 15) is 19.5 Å². The van der Waals surface area contributed by atoms with E-state index >= 15 is 0 Å². The van der Waals surface area contributed by atoms with Crippen molar-refractivity contribution in [1.29, 1.82) is 0 Å². The first kappa shape index (κ1) is 24.5. The fourth-order valence-corrected chi connectivity index (χ4v) is 3.64. The molecule has 0 bridgehead atoms. The number of carboxylic acid groups (broad SMARTS) is 2. The first-order chi connectivity index (χ1) is 16.4. The molecule has 7 nitrogen and oxygen atoms in total. The summed E-state index contributed by atoms with van der Waals surface area (Å²) in [6, 6.07) is 26.4. The maximum atomic E-state index is 12.8. The van der Waals surface area contributed by atoms with Gasteiger partial charge in [-0.1, -0.05) is 72.8 Å². The Bertz CT molecular complexity index is 1080. The summed E-state index contributed by atoms with van der Waals surface area (Å²) in [6.07, 6.45) is 0.281. The molecule has 0 aliphatic rings. The number of benzene rings is 3. The summed E-state index contributed by atoms with van der Waals surface area (Å²) in [4.78, 5) is 35.6. The van der Waals surface area contributed by atoms with Gasteiger partial charge in [0.2, 0.25) is 5.91 Å². The largest absolute Gasteiger partial charge is 0.493 e. The first-order valence-corrected chi connectivity index (χ1v) is 11.0. The van der Waals surface area contributed by atoms with Gasteiger partial charge in [0.15, 0.2) is 0 Å². The van der Waals surface area contributed by atoms with Crippen molar-refractivity contribution < 1.29 is 29.3 Å². The van der Waals surface area contributed by atoms with Crippen LogP contribution in [0.15, 0.2) is 84.9 Å². The van der Waals surface area contributed by atoms with Gasteiger partial charge in [-0.15, -0.1) is 0 Å². The molecule has 2 atom stereocenters. The number of hydrogen-bond donors (Lipinski definition) is 3. The normalized spacial score (nSPS) is 12.4. The maximum Gasteiger partial charge on any atom is 0.322 e. The fraction of sp³-hybridized carbons (Fsp3) is 0.222. The van der Waals surface area contributed by atoms with Crippen LogP contribution in [0.4, 0.5) is 0 Å². The molecule has 176 valence electrons. The van der Waals surface area contributed by atoms with Crippen molar-refractivity contribution in [3.63, 3.8) is 0 Å². The van der Waals surface area contributed by atoms with E-state index in [1.807, 2.05) is 60.7 Å². The topological polar surface area (TPSA) is 113 Å². The van der Waals surface area contributed by atoms with E-state index in [4.69, 9.17) is 9.84 Å². The molecule has 0 unspecified atom stereocenters. The number of carboxylic acids is 2. The van der Waals surface area contributed by atoms with Crippen LogP contribution in [0.25, 0.3) is 11.1 Å². The third-order valence-corrected chi connectivity index (χ3v) is 5.44. The lowest BCUT2D eigenvalue weighted by atomic mass is 9.88. The molecule has 0 aromatic heterocycles. The predicted octanol–water partition coefficient (Wildman–Crippen LogP) is 3.88. The minimum Gasteiger partial charge on any atom is -0.493 e. The van der Waals surface area contributed by atoms with E-state index in [2.05, 4.69) is 5.32 Å². The summed E-state index contributed by atoms with van der Waals surface area (Å²) in [6.45, 7) is -0.629. The van der Waals surface area contributed by atoms with E-state index in [0.717, 1.165) is 16.7 Å². The molecule has 3 aromatic rings. The Morgan fingerprint density at radius 2 is 1.35 bits per heavy atom. The number of hydrogen-bond acceptors (Lipinski definition) is 4. The van der Waals surface area contributed by atoms with Gasteiger partial charge < -0.3 is 20.3 Å². The molecule has 0 spiro atoms. The number of carbonyl (C=O) groups excluding carboxylic acids is 1. The molecule has 34 heavy (non-hydrogen) atoms. The van der Waals surface area contributed by atoms with Gasteiger partial charge in [0.05, 0.1) is 5.92 Å². The first-order valence-electron chi connectivity index (χ1n) is 11.0. The van der Waals surface area contributed by atoms with Crippen LogP contribution in [-0.2, 0) is 20.8 Å². The zero-order valence-electron chi connectivity index (χ0n) is 18.6. The van der Waals surface area contributed by atoms with Crippen LogP contribution in [0.1, 0.15) is 12.0 Å². The standard InChI is InChI=1S/C27H27NO6/c29-25(30)17-28-26(31)22(16-23(27(32)33)18-34-24-9-5-2-6-10-24)15-19-11-13-21(14-12-19)20-7-3-1-4-8-20/h1-14,22-23H,15-18H2,(H,28,31)(H,29,30)(H,32,33)/t22-,23-/m1/s1. The smallest absolute Gasteiger partial charge is 0.322 e. The molecule has 3 rings (SSSR count). The van der Waals surface area contributed by atoms with Crippen LogP contribution >= 0.6 is 0 Å². The SMILES string of the molecule is O=C(O)CNC(=O)[C@H](Cc1ccc(-c2ccccc2)cc1)C[C@H](COc1ccccc1)C(=O)O. The highest BCUT2D eigenvalue weighted by atomic mass is 16.5. The van der Waals surface area contributed by atoms with Crippen LogP contribution in [0.2, 0.25) is 0 Å². The Kier molecular flexibility index (Phi) is 8.80. The van der Waals surface area contributed by atoms with Crippen molar-refractivity contribution in [2.75, 3.05) is 13.2 Å².